The largest absolute Gasteiger partial charge is 0.481 e. The van der Waals surface area contributed by atoms with E-state index >= 15 is 0 Å². The van der Waals surface area contributed by atoms with Gasteiger partial charge in [0.15, 0.2) is 0 Å². The maximum Gasteiger partial charge on any atom is 0.303 e. The van der Waals surface area contributed by atoms with Gasteiger partial charge in [0.05, 0.1) is 0 Å². The molecule has 114 valence electrons. The van der Waals surface area contributed by atoms with Crippen molar-refractivity contribution in [1.29, 1.82) is 0 Å². The molecule has 0 radical (unpaired) electrons. The second-order valence-electron chi connectivity index (χ2n) is 4.83. The number of hydrogen-bond acceptors (Lipinski definition) is 3. The minimum Gasteiger partial charge on any atom is -0.481 e. The molecular weight excluding hydrogens is 272 g/mol. The quantitative estimate of drug-likeness (QED) is 0.792. The highest BCUT2D eigenvalue weighted by atomic mass is 16.4. The lowest BCUT2D eigenvalue weighted by Gasteiger charge is -2.16. The lowest BCUT2D eigenvalue weighted by atomic mass is 10.1. The molecule has 2 N–H and O–H groups in total. The van der Waals surface area contributed by atoms with Crippen LogP contribution in [0.4, 0.5) is 0 Å². The standard InChI is InChI=1S/C15H20N2O4/c1-11(18)16-10-12-5-7-13(8-6-12)15(21)17(2)9-3-4-14(19)20/h5-8H,3-4,9-10H2,1-2H3,(H,16,18)(H,19,20). The molecule has 0 unspecified atom stereocenters. The molecule has 0 atom stereocenters. The average Bonchev–Trinajstić information content (AvgIpc) is 2.44. The van der Waals surface area contributed by atoms with Crippen molar-refractivity contribution < 1.29 is 19.5 Å². The van der Waals surface area contributed by atoms with Crippen LogP contribution in [0.25, 0.3) is 0 Å². The first-order chi connectivity index (χ1) is 9.90. The maximum absolute atomic E-state index is 12.1. The molecule has 2 amide bonds. The minimum absolute atomic E-state index is 0.0489. The van der Waals surface area contributed by atoms with Gasteiger partial charge < -0.3 is 15.3 Å². The van der Waals surface area contributed by atoms with Gasteiger partial charge in [-0.3, -0.25) is 14.4 Å². The fourth-order valence-electron chi connectivity index (χ4n) is 1.78. The Hall–Kier alpha value is -2.37. The summed E-state index contributed by atoms with van der Waals surface area (Å²) in [6.45, 7) is 2.28. The molecule has 0 saturated carbocycles. The summed E-state index contributed by atoms with van der Waals surface area (Å²) in [7, 11) is 1.65. The zero-order valence-corrected chi connectivity index (χ0v) is 12.3. The summed E-state index contributed by atoms with van der Waals surface area (Å²) in [6, 6.07) is 6.98. The van der Waals surface area contributed by atoms with Crippen LogP contribution < -0.4 is 5.32 Å². The lowest BCUT2D eigenvalue weighted by molar-refractivity contribution is -0.137. The van der Waals surface area contributed by atoms with Crippen molar-refractivity contribution in [3.63, 3.8) is 0 Å². The summed E-state index contributed by atoms with van der Waals surface area (Å²) in [5.41, 5.74) is 1.45. The minimum atomic E-state index is -0.863. The Morgan fingerprint density at radius 1 is 1.19 bits per heavy atom. The Morgan fingerprint density at radius 3 is 2.33 bits per heavy atom. The molecule has 0 aliphatic heterocycles. The molecule has 0 fully saturated rings. The Kier molecular flexibility index (Phi) is 6.39. The Morgan fingerprint density at radius 2 is 1.81 bits per heavy atom. The van der Waals surface area contributed by atoms with Gasteiger partial charge in [-0.15, -0.1) is 0 Å². The van der Waals surface area contributed by atoms with Crippen molar-refractivity contribution in [3.8, 4) is 0 Å². The molecule has 21 heavy (non-hydrogen) atoms. The van der Waals surface area contributed by atoms with E-state index in [0.29, 0.717) is 25.1 Å². The van der Waals surface area contributed by atoms with Gasteiger partial charge in [-0.05, 0) is 24.1 Å². The number of hydrogen-bond donors (Lipinski definition) is 2. The third kappa shape index (κ3) is 6.07. The van der Waals surface area contributed by atoms with E-state index in [0.717, 1.165) is 5.56 Å². The molecule has 0 aliphatic rings. The monoisotopic (exact) mass is 292 g/mol. The van der Waals surface area contributed by atoms with E-state index in [4.69, 9.17) is 5.11 Å². The number of rotatable bonds is 7. The summed E-state index contributed by atoms with van der Waals surface area (Å²) in [6.07, 6.45) is 0.478. The summed E-state index contributed by atoms with van der Waals surface area (Å²) < 4.78 is 0. The van der Waals surface area contributed by atoms with Gasteiger partial charge in [0, 0.05) is 39.0 Å². The molecule has 1 aromatic carbocycles. The number of carbonyl (C=O) groups is 3. The smallest absolute Gasteiger partial charge is 0.303 e. The van der Waals surface area contributed by atoms with Gasteiger partial charge in [-0.2, -0.15) is 0 Å². The topological polar surface area (TPSA) is 86.7 Å². The molecule has 0 saturated heterocycles. The molecule has 0 bridgehead atoms. The van der Waals surface area contributed by atoms with Crippen molar-refractivity contribution in [1.82, 2.24) is 10.2 Å². The number of benzene rings is 1. The molecule has 0 spiro atoms. The first-order valence-corrected chi connectivity index (χ1v) is 6.71. The van der Waals surface area contributed by atoms with Crippen LogP contribution in [-0.2, 0) is 16.1 Å². The van der Waals surface area contributed by atoms with E-state index in [1.807, 2.05) is 0 Å². The lowest BCUT2D eigenvalue weighted by Crippen LogP contribution is -2.28. The zero-order chi connectivity index (χ0) is 15.8. The van der Waals surface area contributed by atoms with Crippen LogP contribution in [0.3, 0.4) is 0 Å². The fraction of sp³-hybridized carbons (Fsp3) is 0.400. The van der Waals surface area contributed by atoms with E-state index in [1.54, 1.807) is 31.3 Å². The highest BCUT2D eigenvalue weighted by molar-refractivity contribution is 5.94. The van der Waals surface area contributed by atoms with Crippen molar-refractivity contribution >= 4 is 17.8 Å². The summed E-state index contributed by atoms with van der Waals surface area (Å²) in [5.74, 6) is -1.11. The molecule has 0 heterocycles. The third-order valence-corrected chi connectivity index (χ3v) is 2.97. The molecule has 1 aromatic rings. The van der Waals surface area contributed by atoms with E-state index in [9.17, 15) is 14.4 Å². The first kappa shape index (κ1) is 16.7. The van der Waals surface area contributed by atoms with E-state index in [-0.39, 0.29) is 18.2 Å². The molecule has 0 aliphatic carbocycles. The summed E-state index contributed by atoms with van der Waals surface area (Å²) in [5, 5.41) is 11.3. The fourth-order valence-corrected chi connectivity index (χ4v) is 1.78. The second-order valence-corrected chi connectivity index (χ2v) is 4.83. The van der Waals surface area contributed by atoms with Crippen molar-refractivity contribution in [3.05, 3.63) is 35.4 Å². The number of nitrogens with zero attached hydrogens (tertiary/aromatic N) is 1. The van der Waals surface area contributed by atoms with E-state index < -0.39 is 5.97 Å². The van der Waals surface area contributed by atoms with Crippen LogP contribution >= 0.6 is 0 Å². The molecule has 6 heteroatoms. The van der Waals surface area contributed by atoms with Crippen molar-refractivity contribution in [2.45, 2.75) is 26.3 Å². The predicted octanol–water partition coefficient (Wildman–Crippen LogP) is 1.26. The molecule has 6 nitrogen and oxygen atoms in total. The summed E-state index contributed by atoms with van der Waals surface area (Å²) >= 11 is 0. The molecule has 0 aromatic heterocycles. The van der Waals surface area contributed by atoms with Crippen LogP contribution in [0.5, 0.6) is 0 Å². The Balaban J connectivity index is 2.53. The number of carboxylic acids is 1. The number of nitrogens with one attached hydrogen (secondary N) is 1. The van der Waals surface area contributed by atoms with E-state index in [1.165, 1.54) is 11.8 Å². The number of amides is 2. The average molecular weight is 292 g/mol. The zero-order valence-electron chi connectivity index (χ0n) is 12.3. The highest BCUT2D eigenvalue weighted by Gasteiger charge is 2.11. The van der Waals surface area contributed by atoms with Gasteiger partial charge in [-0.1, -0.05) is 12.1 Å². The Labute approximate surface area is 123 Å². The van der Waals surface area contributed by atoms with Gasteiger partial charge in [0.1, 0.15) is 0 Å². The second kappa shape index (κ2) is 8.04. The van der Waals surface area contributed by atoms with Crippen LogP contribution in [0.15, 0.2) is 24.3 Å². The maximum atomic E-state index is 12.1. The van der Waals surface area contributed by atoms with E-state index in [2.05, 4.69) is 5.32 Å². The van der Waals surface area contributed by atoms with Crippen molar-refractivity contribution in [2.75, 3.05) is 13.6 Å². The van der Waals surface area contributed by atoms with Crippen LogP contribution in [-0.4, -0.2) is 41.4 Å². The SMILES string of the molecule is CC(=O)NCc1ccc(C(=O)N(C)CCCC(=O)O)cc1. The Bertz CT molecular complexity index is 511. The first-order valence-electron chi connectivity index (χ1n) is 6.71. The molecule has 1 rings (SSSR count). The number of carbonyl (C=O) groups excluding carboxylic acids is 2. The van der Waals surface area contributed by atoms with Crippen LogP contribution in [0, 0.1) is 0 Å². The predicted molar refractivity (Wildman–Crippen MR) is 77.8 cm³/mol. The third-order valence-electron chi connectivity index (χ3n) is 2.97. The van der Waals surface area contributed by atoms with Crippen LogP contribution in [0.1, 0.15) is 35.7 Å². The summed E-state index contributed by atoms with van der Waals surface area (Å²) in [4.78, 5) is 34.9. The van der Waals surface area contributed by atoms with Gasteiger partial charge in [0.25, 0.3) is 5.91 Å². The van der Waals surface area contributed by atoms with Gasteiger partial charge in [-0.25, -0.2) is 0 Å². The molecular formula is C15H20N2O4. The number of carboxylic acid groups (broad SMARTS) is 1. The van der Waals surface area contributed by atoms with Gasteiger partial charge >= 0.3 is 5.97 Å². The van der Waals surface area contributed by atoms with Crippen LogP contribution in [0.2, 0.25) is 0 Å². The van der Waals surface area contributed by atoms with Crippen molar-refractivity contribution in [2.24, 2.45) is 0 Å². The van der Waals surface area contributed by atoms with Gasteiger partial charge in [0.2, 0.25) is 5.91 Å². The highest BCUT2D eigenvalue weighted by Crippen LogP contribution is 2.08. The normalized spacial score (nSPS) is 10.0. The number of aliphatic carboxylic acids is 1.